The molecule has 1 atom stereocenters. The molecule has 522 valence electrons. The molecule has 8 nitrogen and oxygen atoms in total. The zero-order valence-electron chi connectivity index (χ0n) is 65.2. The predicted molar refractivity (Wildman–Crippen MR) is 444 cm³/mol. The molecule has 5 aliphatic rings. The number of aromatic nitrogens is 6. The van der Waals surface area contributed by atoms with E-state index in [1.165, 1.54) is 0 Å². The van der Waals surface area contributed by atoms with Gasteiger partial charge in [0.25, 0.3) is 0 Å². The highest BCUT2D eigenvalue weighted by Gasteiger charge is 2.21. The Kier molecular flexibility index (Phi) is 43.1. The first-order chi connectivity index (χ1) is 48.4. The third-order valence-corrected chi connectivity index (χ3v) is 14.4. The fraction of sp³-hybridized carbons (Fsp3) is 0.311. The van der Waals surface area contributed by atoms with Crippen LogP contribution >= 0.6 is 0 Å². The maximum atomic E-state index is 5.35. The highest BCUT2D eigenvalue weighted by molar-refractivity contribution is 6.26. The van der Waals surface area contributed by atoms with E-state index in [9.17, 15) is 0 Å². The smallest absolute Gasteiger partial charge is 0.109 e. The first-order valence-electron chi connectivity index (χ1n) is 37.1. The fourth-order valence-electron chi connectivity index (χ4n) is 10.5. The highest BCUT2D eigenvalue weighted by Crippen LogP contribution is 2.39. The van der Waals surface area contributed by atoms with Crippen LogP contribution in [0.2, 0.25) is 0 Å². The maximum absolute atomic E-state index is 5.35. The van der Waals surface area contributed by atoms with E-state index in [1.54, 1.807) is 0 Å². The molecule has 0 spiro atoms. The molecule has 0 aliphatic carbocycles. The lowest BCUT2D eigenvalue weighted by molar-refractivity contribution is 0.890. The Labute approximate surface area is 593 Å². The lowest BCUT2D eigenvalue weighted by Gasteiger charge is -2.07. The molecule has 5 aromatic heterocycles. The largest absolute Gasteiger partial charge is 0.357 e. The van der Waals surface area contributed by atoms with Crippen molar-refractivity contribution in [1.82, 2.24) is 29.9 Å². The average molecular weight is 1320 g/mol. The molecular weight excluding hydrogens is 1190 g/mol. The molecule has 0 radical (unpaired) electrons. The Morgan fingerprint density at radius 1 is 0.276 bits per heavy atom. The maximum Gasteiger partial charge on any atom is 0.109 e. The van der Waals surface area contributed by atoms with Crippen LogP contribution in [0.3, 0.4) is 0 Å². The minimum atomic E-state index is 0.0394. The average Bonchev–Trinajstić information content (AvgIpc) is 1.62. The fourth-order valence-corrected chi connectivity index (χ4v) is 10.5. The molecule has 9 aromatic rings. The van der Waals surface area contributed by atoms with Gasteiger partial charge in [0.05, 0.1) is 39.9 Å². The molecule has 1 unspecified atom stereocenters. The summed E-state index contributed by atoms with van der Waals surface area (Å²) >= 11 is 0. The molecule has 16 bridgehead atoms. The van der Waals surface area contributed by atoms with Gasteiger partial charge in [-0.1, -0.05) is 294 Å². The van der Waals surface area contributed by atoms with E-state index in [1.807, 2.05) is 190 Å². The molecule has 14 rings (SSSR count). The van der Waals surface area contributed by atoms with Crippen LogP contribution in [0.1, 0.15) is 227 Å². The minimum Gasteiger partial charge on any atom is -0.357 e. The molecule has 5 aliphatic heterocycles. The van der Waals surface area contributed by atoms with Crippen LogP contribution in [0, 0.1) is 0 Å². The van der Waals surface area contributed by atoms with Gasteiger partial charge in [0.2, 0.25) is 0 Å². The van der Waals surface area contributed by atoms with Gasteiger partial charge in [-0.3, -0.25) is 4.99 Å². The second kappa shape index (κ2) is 48.9. The molecule has 0 amide bonds. The third kappa shape index (κ3) is 21.7. The number of aromatic amines is 4. The van der Waals surface area contributed by atoms with E-state index in [0.717, 1.165) is 145 Å². The van der Waals surface area contributed by atoms with Crippen LogP contribution in [0.4, 0.5) is 0 Å². The summed E-state index contributed by atoms with van der Waals surface area (Å²) in [6, 6.07) is 59.2. The van der Waals surface area contributed by atoms with Gasteiger partial charge in [0.1, 0.15) is 6.04 Å². The number of fused-ring (bicyclic) bond motifs is 15. The molecule has 10 heterocycles. The second-order valence-electron chi connectivity index (χ2n) is 19.0. The summed E-state index contributed by atoms with van der Waals surface area (Å²) in [6.07, 6.45) is 17.0. The number of rotatable bonds is 4. The lowest BCUT2D eigenvalue weighted by atomic mass is 10.0. The van der Waals surface area contributed by atoms with Crippen molar-refractivity contribution in [3.8, 4) is 44.5 Å². The lowest BCUT2D eigenvalue weighted by Crippen LogP contribution is -2.18. The van der Waals surface area contributed by atoms with Gasteiger partial charge in [0.15, 0.2) is 0 Å². The summed E-state index contributed by atoms with van der Waals surface area (Å²) in [7, 11) is 0. The van der Waals surface area contributed by atoms with Crippen LogP contribution in [0.5, 0.6) is 0 Å². The Morgan fingerprint density at radius 3 is 0.918 bits per heavy atom. The molecule has 4 aromatic carbocycles. The normalized spacial score (nSPS) is 12.8. The van der Waals surface area contributed by atoms with Gasteiger partial charge in [0, 0.05) is 66.4 Å². The van der Waals surface area contributed by atoms with Gasteiger partial charge in [-0.05, 0) is 151 Å². The summed E-state index contributed by atoms with van der Waals surface area (Å²) < 4.78 is 0. The van der Waals surface area contributed by atoms with Crippen molar-refractivity contribution in [2.75, 3.05) is 0 Å². The molecule has 0 fully saturated rings. The van der Waals surface area contributed by atoms with Gasteiger partial charge in [-0.15, -0.1) is 0 Å². The monoisotopic (exact) mass is 1310 g/mol. The van der Waals surface area contributed by atoms with E-state index < -0.39 is 0 Å². The van der Waals surface area contributed by atoms with Crippen LogP contribution in [-0.4, -0.2) is 41.3 Å². The Bertz CT molecular complexity index is 3900. The number of nitrogens with zero attached hydrogens (tertiary/aromatic N) is 4. The van der Waals surface area contributed by atoms with Crippen LogP contribution in [0.25, 0.3) is 108 Å². The molecule has 8 heteroatoms. The second-order valence-corrected chi connectivity index (χ2v) is 19.0. The number of hydrogen-bond acceptors (Lipinski definition) is 4. The van der Waals surface area contributed by atoms with Gasteiger partial charge < -0.3 is 19.9 Å². The summed E-state index contributed by atoms with van der Waals surface area (Å²) in [6.45, 7) is 54.3. The van der Waals surface area contributed by atoms with E-state index in [-0.39, 0.29) is 6.04 Å². The van der Waals surface area contributed by atoms with Crippen LogP contribution in [0.15, 0.2) is 210 Å². The van der Waals surface area contributed by atoms with Crippen LogP contribution in [-0.2, 0) is 0 Å². The third-order valence-electron chi connectivity index (χ3n) is 14.4. The quantitative estimate of drug-likeness (QED) is 0.141. The molecular formula is C90H122N8. The predicted octanol–water partition coefficient (Wildman–Crippen LogP) is 26.8. The molecule has 4 N–H and O–H groups in total. The zero-order valence-corrected chi connectivity index (χ0v) is 65.2. The van der Waals surface area contributed by atoms with Gasteiger partial charge in [-0.2, -0.15) is 0 Å². The van der Waals surface area contributed by atoms with E-state index in [0.29, 0.717) is 0 Å². The Morgan fingerprint density at radius 2 is 0.592 bits per heavy atom. The number of aliphatic imine (C=N–C) groups is 2. The first-order valence-corrected chi connectivity index (χ1v) is 37.1. The summed E-state index contributed by atoms with van der Waals surface area (Å²) in [5, 5.41) is 2.19. The van der Waals surface area contributed by atoms with Crippen molar-refractivity contribution < 1.29 is 0 Å². The van der Waals surface area contributed by atoms with E-state index in [4.69, 9.17) is 20.0 Å². The van der Waals surface area contributed by atoms with Crippen molar-refractivity contribution in [3.63, 3.8) is 0 Å². The molecule has 0 saturated heterocycles. The van der Waals surface area contributed by atoms with E-state index >= 15 is 0 Å². The highest BCUT2D eigenvalue weighted by atomic mass is 14.9. The van der Waals surface area contributed by atoms with E-state index in [2.05, 4.69) is 235 Å². The number of H-pyrrole nitrogens is 4. The molecule has 0 saturated carbocycles. The zero-order chi connectivity index (χ0) is 73.7. The van der Waals surface area contributed by atoms with Crippen molar-refractivity contribution in [2.24, 2.45) is 9.98 Å². The SMILES string of the molecule is C1=Cc2nc1c(-c1ccccc1)c1ccc([nH]1)c(-c1ccccc1)c1nc(c(-c3ccccc3)c3ccc([nH]3)c2-c2ccccc2)C=C1.CC.CC.CC.CC.CC.CC.CC.CC.CC.CC.CC.CC.CC1=C2C=CC(=N2)/C(C)=c2/ccc([nH]2)=C(C)C2=NC(C=C2)c2ccc1[nH]2. The first kappa shape index (κ1) is 86.4. The Balaban J connectivity index is 0.000000814. The molecule has 98 heavy (non-hydrogen) atoms. The van der Waals surface area contributed by atoms with Crippen molar-refractivity contribution in [3.05, 3.63) is 245 Å². The van der Waals surface area contributed by atoms with Gasteiger partial charge >= 0.3 is 0 Å². The van der Waals surface area contributed by atoms with Crippen molar-refractivity contribution in [1.29, 1.82) is 0 Å². The van der Waals surface area contributed by atoms with Gasteiger partial charge in [-0.25, -0.2) is 15.0 Å². The summed E-state index contributed by atoms with van der Waals surface area (Å²) in [5.74, 6) is 0. The Hall–Kier alpha value is -9.66. The minimum absolute atomic E-state index is 0.0394. The topological polar surface area (TPSA) is 114 Å². The van der Waals surface area contributed by atoms with Crippen molar-refractivity contribution >= 4 is 74.5 Å². The number of benzene rings is 4. The number of hydrogen-bond donors (Lipinski definition) is 4. The summed E-state index contributed by atoms with van der Waals surface area (Å²) in [5.41, 5.74) is 24.8. The summed E-state index contributed by atoms with van der Waals surface area (Å²) in [4.78, 5) is 35.1. The number of nitrogens with one attached hydrogen (secondary N) is 4. The van der Waals surface area contributed by atoms with Crippen molar-refractivity contribution in [2.45, 2.75) is 193 Å². The van der Waals surface area contributed by atoms with Crippen LogP contribution < -0.4 is 10.7 Å². The standard InChI is InChI=1S/C44H30N4.C22H20N4.12C2H6/c1-5-13-29(14-6-1)41-33-21-23-35(45-33)42(30-15-7-2-8-16-30)37-25-27-39(47-37)44(32-19-11-4-12-20-32)40-28-26-38(48-40)43(31-17-9-3-10-18-31)36-24-22-34(41)46-36;1-12-15-4-6-17(23-15)13(2)19-8-10-21(25-19)22-11-9-20(26-22)14(3)18-7-5-16(12)24-18;12*1-2/h1-28,45,48H;4-11,21,23,26H,1-3H3;12*1-2H3/b;15-12-,17-13?,18-14?;;;;;;;;;;;;. The number of allylic oxidation sites excluding steroid dienone is 4.